The number of hydrogen-bond acceptors (Lipinski definition) is 2. The maximum absolute atomic E-state index is 12.0. The molecule has 1 saturated carbocycles. The highest BCUT2D eigenvalue weighted by molar-refractivity contribution is 5.98. The molecule has 0 atom stereocenters. The minimum absolute atomic E-state index is 0.00721. The van der Waals surface area contributed by atoms with E-state index in [4.69, 9.17) is 0 Å². The average Bonchev–Trinajstić information content (AvgIpc) is 2.80. The molecule has 0 heterocycles. The SMILES string of the molecule is O=C(c1c[c]c(OC(F)(F)F)cc1)C1CCCC1. The Morgan fingerprint density at radius 1 is 1.28 bits per heavy atom. The van der Waals surface area contributed by atoms with Crippen molar-refractivity contribution in [2.45, 2.75) is 32.0 Å². The van der Waals surface area contributed by atoms with Crippen molar-refractivity contribution < 1.29 is 22.7 Å². The molecule has 18 heavy (non-hydrogen) atoms. The average molecular weight is 257 g/mol. The smallest absolute Gasteiger partial charge is 0.405 e. The maximum Gasteiger partial charge on any atom is 0.573 e. The first-order valence-electron chi connectivity index (χ1n) is 5.77. The van der Waals surface area contributed by atoms with Crippen LogP contribution in [0.5, 0.6) is 5.75 Å². The van der Waals surface area contributed by atoms with Gasteiger partial charge in [-0.15, -0.1) is 13.2 Å². The minimum Gasteiger partial charge on any atom is -0.405 e. The Balaban J connectivity index is 2.05. The number of halogens is 3. The van der Waals surface area contributed by atoms with Gasteiger partial charge in [-0.05, 0) is 31.0 Å². The number of Topliss-reactive ketones (excluding diaryl/α,β-unsaturated/α-hetero) is 1. The summed E-state index contributed by atoms with van der Waals surface area (Å²) < 4.78 is 39.5. The van der Waals surface area contributed by atoms with Gasteiger partial charge in [-0.2, -0.15) is 0 Å². The highest BCUT2D eigenvalue weighted by atomic mass is 19.4. The first-order chi connectivity index (χ1) is 8.46. The zero-order chi connectivity index (χ0) is 13.2. The second-order valence-electron chi connectivity index (χ2n) is 4.34. The van der Waals surface area contributed by atoms with Gasteiger partial charge in [-0.3, -0.25) is 4.79 Å². The quantitative estimate of drug-likeness (QED) is 0.771. The van der Waals surface area contributed by atoms with Gasteiger partial charge in [0.1, 0.15) is 5.75 Å². The number of carbonyl (C=O) groups is 1. The summed E-state index contributed by atoms with van der Waals surface area (Å²) in [5.74, 6) is -0.430. The van der Waals surface area contributed by atoms with E-state index in [-0.39, 0.29) is 11.7 Å². The number of hydrogen-bond donors (Lipinski definition) is 0. The zero-order valence-electron chi connectivity index (χ0n) is 9.59. The van der Waals surface area contributed by atoms with E-state index in [0.29, 0.717) is 5.56 Å². The Labute approximate surface area is 103 Å². The minimum atomic E-state index is -4.73. The Morgan fingerprint density at radius 3 is 2.44 bits per heavy atom. The molecule has 1 aromatic rings. The van der Waals surface area contributed by atoms with Crippen molar-refractivity contribution in [3.05, 3.63) is 29.8 Å². The topological polar surface area (TPSA) is 26.3 Å². The second kappa shape index (κ2) is 5.00. The van der Waals surface area contributed by atoms with Gasteiger partial charge in [0, 0.05) is 17.5 Å². The molecular weight excluding hydrogens is 245 g/mol. The predicted molar refractivity (Wildman–Crippen MR) is 58.2 cm³/mol. The molecule has 2 rings (SSSR count). The number of ketones is 1. The van der Waals surface area contributed by atoms with Crippen LogP contribution in [0.15, 0.2) is 18.2 Å². The lowest BCUT2D eigenvalue weighted by Gasteiger charge is -2.10. The van der Waals surface area contributed by atoms with Crippen molar-refractivity contribution in [2.24, 2.45) is 5.92 Å². The molecule has 1 aliphatic rings. The normalized spacial score (nSPS) is 16.8. The first-order valence-corrected chi connectivity index (χ1v) is 5.77. The fourth-order valence-electron chi connectivity index (χ4n) is 2.18. The third kappa shape index (κ3) is 3.24. The van der Waals surface area contributed by atoms with Gasteiger partial charge in [-0.1, -0.05) is 12.8 Å². The summed E-state index contributed by atoms with van der Waals surface area (Å²) in [7, 11) is 0. The molecule has 2 nitrogen and oxygen atoms in total. The van der Waals surface area contributed by atoms with Crippen molar-refractivity contribution in [3.8, 4) is 5.75 Å². The monoisotopic (exact) mass is 257 g/mol. The van der Waals surface area contributed by atoms with Gasteiger partial charge in [0.05, 0.1) is 0 Å². The molecule has 97 valence electrons. The van der Waals surface area contributed by atoms with Crippen LogP contribution in [0.2, 0.25) is 0 Å². The molecular formula is C13H12F3O2. The Kier molecular flexibility index (Phi) is 3.59. The van der Waals surface area contributed by atoms with Gasteiger partial charge in [0.15, 0.2) is 5.78 Å². The molecule has 0 spiro atoms. The zero-order valence-corrected chi connectivity index (χ0v) is 9.59. The van der Waals surface area contributed by atoms with Crippen LogP contribution in [0.3, 0.4) is 0 Å². The largest absolute Gasteiger partial charge is 0.573 e. The molecule has 5 heteroatoms. The Hall–Kier alpha value is -1.52. The van der Waals surface area contributed by atoms with Crippen LogP contribution in [0.25, 0.3) is 0 Å². The van der Waals surface area contributed by atoms with Crippen molar-refractivity contribution >= 4 is 5.78 Å². The highest BCUT2D eigenvalue weighted by Gasteiger charge is 2.31. The lowest BCUT2D eigenvalue weighted by atomic mass is 9.96. The van der Waals surface area contributed by atoms with Crippen LogP contribution in [0.4, 0.5) is 13.2 Å². The summed E-state index contributed by atoms with van der Waals surface area (Å²) in [4.78, 5) is 12.0. The van der Waals surface area contributed by atoms with Crippen molar-refractivity contribution in [2.75, 3.05) is 0 Å². The van der Waals surface area contributed by atoms with Gasteiger partial charge in [-0.25, -0.2) is 0 Å². The van der Waals surface area contributed by atoms with E-state index < -0.39 is 12.1 Å². The lowest BCUT2D eigenvalue weighted by Crippen LogP contribution is -2.17. The maximum atomic E-state index is 12.0. The van der Waals surface area contributed by atoms with E-state index in [1.807, 2.05) is 0 Å². The van der Waals surface area contributed by atoms with E-state index in [0.717, 1.165) is 31.7 Å². The number of benzene rings is 1. The van der Waals surface area contributed by atoms with E-state index in [1.165, 1.54) is 12.1 Å². The van der Waals surface area contributed by atoms with Crippen molar-refractivity contribution in [1.82, 2.24) is 0 Å². The highest BCUT2D eigenvalue weighted by Crippen LogP contribution is 2.29. The van der Waals surface area contributed by atoms with Crippen LogP contribution in [-0.4, -0.2) is 12.1 Å². The molecule has 1 radical (unpaired) electrons. The molecule has 0 bridgehead atoms. The van der Waals surface area contributed by atoms with Crippen LogP contribution in [0, 0.1) is 12.0 Å². The van der Waals surface area contributed by atoms with Crippen molar-refractivity contribution in [3.63, 3.8) is 0 Å². The second-order valence-corrected chi connectivity index (χ2v) is 4.34. The number of ether oxygens (including phenoxy) is 1. The van der Waals surface area contributed by atoms with Gasteiger partial charge < -0.3 is 4.74 Å². The summed E-state index contributed by atoms with van der Waals surface area (Å²) in [5.41, 5.74) is 0.399. The summed E-state index contributed by atoms with van der Waals surface area (Å²) in [5, 5.41) is 0. The number of alkyl halides is 3. The molecule has 1 aliphatic carbocycles. The predicted octanol–water partition coefficient (Wildman–Crippen LogP) is 3.76. The first kappa shape index (κ1) is 12.9. The number of rotatable bonds is 3. The third-order valence-electron chi connectivity index (χ3n) is 3.02. The standard InChI is InChI=1S/C13H12F3O2/c14-13(15,16)18-11-7-5-10(6-8-11)12(17)9-3-1-2-4-9/h5-7,9H,1-4H2. The molecule has 0 unspecified atom stereocenters. The fourth-order valence-corrected chi connectivity index (χ4v) is 2.18. The van der Waals surface area contributed by atoms with Crippen molar-refractivity contribution in [1.29, 1.82) is 0 Å². The summed E-state index contributed by atoms with van der Waals surface area (Å²) in [6.45, 7) is 0. The summed E-state index contributed by atoms with van der Waals surface area (Å²) in [6, 6.07) is 6.08. The van der Waals surface area contributed by atoms with Crippen LogP contribution >= 0.6 is 0 Å². The lowest BCUT2D eigenvalue weighted by molar-refractivity contribution is -0.274. The Morgan fingerprint density at radius 2 is 1.94 bits per heavy atom. The van der Waals surface area contributed by atoms with E-state index in [1.54, 1.807) is 0 Å². The number of carbonyl (C=O) groups excluding carboxylic acids is 1. The molecule has 0 aliphatic heterocycles. The summed E-state index contributed by atoms with van der Waals surface area (Å²) in [6.07, 6.45) is -0.933. The van der Waals surface area contributed by atoms with Crippen LogP contribution < -0.4 is 4.74 Å². The van der Waals surface area contributed by atoms with Crippen LogP contribution in [0.1, 0.15) is 36.0 Å². The molecule has 0 amide bonds. The van der Waals surface area contributed by atoms with Gasteiger partial charge >= 0.3 is 6.36 Å². The molecule has 1 aromatic carbocycles. The molecule has 0 aromatic heterocycles. The molecule has 0 N–H and O–H groups in total. The van der Waals surface area contributed by atoms with Crippen LogP contribution in [-0.2, 0) is 0 Å². The van der Waals surface area contributed by atoms with Gasteiger partial charge in [0.25, 0.3) is 0 Å². The molecule has 1 fully saturated rings. The fraction of sp³-hybridized carbons (Fsp3) is 0.462. The summed E-state index contributed by atoms with van der Waals surface area (Å²) >= 11 is 0. The van der Waals surface area contributed by atoms with E-state index in [9.17, 15) is 18.0 Å². The van der Waals surface area contributed by atoms with E-state index in [2.05, 4.69) is 10.8 Å². The third-order valence-corrected chi connectivity index (χ3v) is 3.02. The van der Waals surface area contributed by atoms with E-state index >= 15 is 0 Å². The van der Waals surface area contributed by atoms with Gasteiger partial charge in [0.2, 0.25) is 0 Å². The Bertz CT molecular complexity index is 417. The molecule has 0 saturated heterocycles.